The van der Waals surface area contributed by atoms with Gasteiger partial charge in [-0.05, 0) is 24.7 Å². The lowest BCUT2D eigenvalue weighted by molar-refractivity contribution is 0.111. The van der Waals surface area contributed by atoms with E-state index in [2.05, 4.69) is 6.92 Å². The summed E-state index contributed by atoms with van der Waals surface area (Å²) in [5.41, 5.74) is -1.06. The van der Waals surface area contributed by atoms with Gasteiger partial charge in [0.25, 0.3) is 0 Å². The van der Waals surface area contributed by atoms with E-state index in [0.717, 1.165) is 38.5 Å². The predicted molar refractivity (Wildman–Crippen MR) is 87.0 cm³/mol. The Labute approximate surface area is 127 Å². The van der Waals surface area contributed by atoms with Crippen molar-refractivity contribution in [3.63, 3.8) is 0 Å². The van der Waals surface area contributed by atoms with Crippen molar-refractivity contribution in [1.29, 1.82) is 0 Å². The maximum absolute atomic E-state index is 12.2. The second kappa shape index (κ2) is 9.16. The summed E-state index contributed by atoms with van der Waals surface area (Å²) in [6.07, 6.45) is 5.79. The largest absolute Gasteiger partial charge is 0.396 e. The van der Waals surface area contributed by atoms with Gasteiger partial charge in [-0.2, -0.15) is 0 Å². The zero-order valence-electron chi connectivity index (χ0n) is 13.9. The van der Waals surface area contributed by atoms with Crippen molar-refractivity contribution < 1.29 is 14.4 Å². The summed E-state index contributed by atoms with van der Waals surface area (Å²) in [5, 5.41) is 19.4. The van der Waals surface area contributed by atoms with Crippen molar-refractivity contribution in [1.82, 2.24) is 0 Å². The van der Waals surface area contributed by atoms with Crippen molar-refractivity contribution in [2.24, 2.45) is 10.8 Å². The molecule has 2 unspecified atom stereocenters. The number of hydrogen-bond acceptors (Lipinski definition) is 3. The highest BCUT2D eigenvalue weighted by molar-refractivity contribution is 7.85. The van der Waals surface area contributed by atoms with Crippen molar-refractivity contribution in [3.05, 3.63) is 0 Å². The van der Waals surface area contributed by atoms with Gasteiger partial charge < -0.3 is 10.2 Å². The fourth-order valence-corrected chi connectivity index (χ4v) is 3.69. The van der Waals surface area contributed by atoms with Gasteiger partial charge in [0.05, 0.1) is 10.8 Å². The topological polar surface area (TPSA) is 57.5 Å². The fraction of sp³-hybridized carbons (Fsp3) is 1.00. The van der Waals surface area contributed by atoms with Crippen LogP contribution in [0.15, 0.2) is 0 Å². The van der Waals surface area contributed by atoms with Gasteiger partial charge in [0.15, 0.2) is 0 Å². The summed E-state index contributed by atoms with van der Waals surface area (Å²) >= 11 is 0. The molecule has 3 nitrogen and oxygen atoms in total. The summed E-state index contributed by atoms with van der Waals surface area (Å²) < 4.78 is 12.2. The van der Waals surface area contributed by atoms with Gasteiger partial charge in [0.1, 0.15) is 5.44 Å². The van der Waals surface area contributed by atoms with E-state index >= 15 is 0 Å². The molecule has 0 rings (SSSR count). The van der Waals surface area contributed by atoms with Crippen LogP contribution < -0.4 is 0 Å². The van der Waals surface area contributed by atoms with Crippen LogP contribution in [0.5, 0.6) is 0 Å². The standard InChI is InChI=1S/C16H34O3S/c1-6-7-11-16(4,5)14(18)20(19)12-9-8-10-15(2,3)13-17/h14,17-18H,6-13H2,1-5H3. The minimum absolute atomic E-state index is 0.0551. The first kappa shape index (κ1) is 20.1. The Hall–Kier alpha value is 0.0700. The first-order valence-electron chi connectivity index (χ1n) is 7.82. The van der Waals surface area contributed by atoms with E-state index < -0.39 is 16.2 Å². The molecule has 0 aromatic rings. The van der Waals surface area contributed by atoms with Crippen molar-refractivity contribution in [3.8, 4) is 0 Å². The van der Waals surface area contributed by atoms with E-state index in [1.54, 1.807) is 0 Å². The van der Waals surface area contributed by atoms with Crippen LogP contribution in [-0.4, -0.2) is 32.2 Å². The molecular formula is C16H34O3S. The number of rotatable bonds is 11. The molecule has 0 fully saturated rings. The van der Waals surface area contributed by atoms with Gasteiger partial charge in [-0.1, -0.05) is 53.9 Å². The smallest absolute Gasteiger partial charge is 0.134 e. The van der Waals surface area contributed by atoms with Crippen LogP contribution in [0.2, 0.25) is 0 Å². The molecule has 0 bridgehead atoms. The van der Waals surface area contributed by atoms with Gasteiger partial charge in [-0.25, -0.2) is 0 Å². The molecule has 0 radical (unpaired) electrons. The molecule has 0 aliphatic heterocycles. The molecule has 0 amide bonds. The molecule has 122 valence electrons. The Balaban J connectivity index is 4.08. The quantitative estimate of drug-likeness (QED) is 0.575. The highest BCUT2D eigenvalue weighted by Gasteiger charge is 2.31. The van der Waals surface area contributed by atoms with E-state index in [4.69, 9.17) is 0 Å². The molecule has 0 saturated heterocycles. The summed E-state index contributed by atoms with van der Waals surface area (Å²) in [6.45, 7) is 10.4. The van der Waals surface area contributed by atoms with Crippen LogP contribution in [0.3, 0.4) is 0 Å². The normalized spacial score (nSPS) is 16.1. The summed E-state index contributed by atoms with van der Waals surface area (Å²) in [4.78, 5) is 0. The SMILES string of the molecule is CCCCC(C)(C)C(O)S(=O)CCCCC(C)(C)CO. The summed E-state index contributed by atoms with van der Waals surface area (Å²) in [7, 11) is -1.17. The molecule has 0 saturated carbocycles. The zero-order chi connectivity index (χ0) is 15.8. The first-order valence-corrected chi connectivity index (χ1v) is 9.20. The number of aliphatic hydroxyl groups is 2. The highest BCUT2D eigenvalue weighted by atomic mass is 32.2. The number of aliphatic hydroxyl groups excluding tert-OH is 2. The molecule has 2 atom stereocenters. The lowest BCUT2D eigenvalue weighted by atomic mass is 9.88. The van der Waals surface area contributed by atoms with E-state index in [1.807, 2.05) is 27.7 Å². The third-order valence-electron chi connectivity index (χ3n) is 3.97. The minimum Gasteiger partial charge on any atom is -0.396 e. The van der Waals surface area contributed by atoms with Gasteiger partial charge in [0.2, 0.25) is 0 Å². The second-order valence-electron chi connectivity index (χ2n) is 7.31. The Morgan fingerprint density at radius 2 is 1.65 bits per heavy atom. The van der Waals surface area contributed by atoms with E-state index in [1.165, 1.54) is 0 Å². The molecule has 0 aliphatic rings. The maximum Gasteiger partial charge on any atom is 0.134 e. The average molecular weight is 307 g/mol. The van der Waals surface area contributed by atoms with Crippen molar-refractivity contribution in [2.75, 3.05) is 12.4 Å². The van der Waals surface area contributed by atoms with Gasteiger partial charge in [-0.3, -0.25) is 4.21 Å². The van der Waals surface area contributed by atoms with E-state index in [-0.39, 0.29) is 17.4 Å². The third kappa shape index (κ3) is 7.75. The van der Waals surface area contributed by atoms with Crippen LogP contribution >= 0.6 is 0 Å². The third-order valence-corrected chi connectivity index (χ3v) is 5.80. The number of hydrogen-bond donors (Lipinski definition) is 2. The second-order valence-corrected chi connectivity index (χ2v) is 8.93. The van der Waals surface area contributed by atoms with Gasteiger partial charge >= 0.3 is 0 Å². The minimum atomic E-state index is -1.17. The summed E-state index contributed by atoms with van der Waals surface area (Å²) in [6, 6.07) is 0. The lowest BCUT2D eigenvalue weighted by Crippen LogP contribution is -2.34. The van der Waals surface area contributed by atoms with E-state index in [9.17, 15) is 14.4 Å². The van der Waals surface area contributed by atoms with Crippen molar-refractivity contribution in [2.45, 2.75) is 78.6 Å². The molecule has 0 spiro atoms. The van der Waals surface area contributed by atoms with Crippen LogP contribution in [0.25, 0.3) is 0 Å². The predicted octanol–water partition coefficient (Wildman–Crippen LogP) is 3.46. The fourth-order valence-electron chi connectivity index (χ4n) is 2.15. The zero-order valence-corrected chi connectivity index (χ0v) is 14.8. The van der Waals surface area contributed by atoms with Crippen LogP contribution in [-0.2, 0) is 10.8 Å². The van der Waals surface area contributed by atoms with Crippen molar-refractivity contribution >= 4 is 10.8 Å². The molecule has 0 aliphatic carbocycles. The molecule has 2 N–H and O–H groups in total. The average Bonchev–Trinajstić information content (AvgIpc) is 2.40. The van der Waals surface area contributed by atoms with Crippen LogP contribution in [0.4, 0.5) is 0 Å². The highest BCUT2D eigenvalue weighted by Crippen LogP contribution is 2.30. The Bertz CT molecular complexity index is 287. The molecule has 0 aromatic carbocycles. The monoisotopic (exact) mass is 306 g/mol. The van der Waals surface area contributed by atoms with Crippen LogP contribution in [0.1, 0.15) is 73.1 Å². The number of unbranched alkanes of at least 4 members (excludes halogenated alkanes) is 2. The molecule has 20 heavy (non-hydrogen) atoms. The summed E-state index contributed by atoms with van der Waals surface area (Å²) in [5.74, 6) is 0.554. The van der Waals surface area contributed by atoms with Gasteiger partial charge in [-0.15, -0.1) is 0 Å². The molecule has 0 heterocycles. The van der Waals surface area contributed by atoms with Crippen LogP contribution in [0, 0.1) is 10.8 Å². The maximum atomic E-state index is 12.2. The Kier molecular flexibility index (Phi) is 9.19. The first-order chi connectivity index (χ1) is 9.16. The molecule has 4 heteroatoms. The lowest BCUT2D eigenvalue weighted by Gasteiger charge is -2.30. The Morgan fingerprint density at radius 1 is 1.05 bits per heavy atom. The van der Waals surface area contributed by atoms with E-state index in [0.29, 0.717) is 5.75 Å². The molecule has 0 aromatic heterocycles. The van der Waals surface area contributed by atoms with Gasteiger partial charge in [0, 0.05) is 17.8 Å². The molecular weight excluding hydrogens is 272 g/mol. The Morgan fingerprint density at radius 3 is 2.15 bits per heavy atom.